The molecule has 1 aromatic rings. The third kappa shape index (κ3) is 5.86. The summed E-state index contributed by atoms with van der Waals surface area (Å²) in [7, 11) is 5.71. The Balaban J connectivity index is 1.27. The summed E-state index contributed by atoms with van der Waals surface area (Å²) in [6.07, 6.45) is 1.86. The number of rotatable bonds is 10. The van der Waals surface area contributed by atoms with Crippen molar-refractivity contribution >= 4 is 25.8 Å². The molecule has 31 heavy (non-hydrogen) atoms. The maximum absolute atomic E-state index is 12.3. The number of fused-ring (bicyclic) bond motifs is 1. The normalized spacial score (nSPS) is 20.6. The molecule has 2 aliphatic heterocycles. The topological polar surface area (TPSA) is 94.2 Å². The Morgan fingerprint density at radius 1 is 1.19 bits per heavy atom. The second-order valence-electron chi connectivity index (χ2n) is 8.20. The van der Waals surface area contributed by atoms with Crippen molar-refractivity contribution in [2.24, 2.45) is 0 Å². The smallest absolute Gasteiger partial charge is 0.407 e. The summed E-state index contributed by atoms with van der Waals surface area (Å²) in [6, 6.07) is 6.89. The van der Waals surface area contributed by atoms with Gasteiger partial charge in [0.2, 0.25) is 0 Å². The fourth-order valence-electron chi connectivity index (χ4n) is 3.73. The molecule has 8 nitrogen and oxygen atoms in total. The third-order valence-corrected chi connectivity index (χ3v) is 5.39. The Kier molecular flexibility index (Phi) is 7.72. The summed E-state index contributed by atoms with van der Waals surface area (Å²) in [5.41, 5.74) is 0.952. The zero-order valence-corrected chi connectivity index (χ0v) is 18.1. The summed E-state index contributed by atoms with van der Waals surface area (Å²) < 4.78 is 16.5. The van der Waals surface area contributed by atoms with Crippen LogP contribution in [0.3, 0.4) is 0 Å². The maximum atomic E-state index is 12.3. The highest BCUT2D eigenvalue weighted by molar-refractivity contribution is 6.21. The molecule has 2 radical (unpaired) electrons. The van der Waals surface area contributed by atoms with E-state index in [1.807, 2.05) is 0 Å². The third-order valence-electron chi connectivity index (χ3n) is 5.39. The number of imide groups is 1. The first-order chi connectivity index (χ1) is 14.8. The van der Waals surface area contributed by atoms with Crippen LogP contribution in [-0.2, 0) is 14.2 Å². The van der Waals surface area contributed by atoms with Crippen LogP contribution in [-0.4, -0.2) is 68.3 Å². The fourth-order valence-corrected chi connectivity index (χ4v) is 3.73. The van der Waals surface area contributed by atoms with Gasteiger partial charge in [-0.3, -0.25) is 14.5 Å². The van der Waals surface area contributed by atoms with Gasteiger partial charge in [-0.2, -0.15) is 0 Å². The molecule has 0 aromatic heterocycles. The van der Waals surface area contributed by atoms with Crippen LogP contribution in [0.4, 0.5) is 4.79 Å². The molecule has 166 valence electrons. The zero-order chi connectivity index (χ0) is 22.4. The molecule has 1 saturated heterocycles. The second kappa shape index (κ2) is 10.3. The lowest BCUT2D eigenvalue weighted by Gasteiger charge is -2.23. The van der Waals surface area contributed by atoms with Crippen molar-refractivity contribution in [3.05, 3.63) is 35.4 Å². The molecule has 0 bridgehead atoms. The Morgan fingerprint density at radius 2 is 1.84 bits per heavy atom. The maximum Gasteiger partial charge on any atom is 0.407 e. The van der Waals surface area contributed by atoms with E-state index in [1.54, 1.807) is 38.1 Å². The molecule has 2 unspecified atom stereocenters. The second-order valence-corrected chi connectivity index (χ2v) is 8.20. The lowest BCUT2D eigenvalue weighted by molar-refractivity contribution is -0.149. The minimum atomic E-state index is -0.703. The first-order valence-electron chi connectivity index (χ1n) is 10.7. The number of hydrogen-bond acceptors (Lipinski definition) is 6. The van der Waals surface area contributed by atoms with Gasteiger partial charge in [-0.15, -0.1) is 0 Å². The van der Waals surface area contributed by atoms with Gasteiger partial charge in [0.05, 0.1) is 25.6 Å². The summed E-state index contributed by atoms with van der Waals surface area (Å²) in [4.78, 5) is 37.9. The molecule has 9 heteroatoms. The highest BCUT2D eigenvalue weighted by Gasteiger charge is 2.38. The summed E-state index contributed by atoms with van der Waals surface area (Å²) in [6.45, 7) is 4.80. The van der Waals surface area contributed by atoms with E-state index in [0.29, 0.717) is 30.8 Å². The van der Waals surface area contributed by atoms with Crippen LogP contribution in [0.25, 0.3) is 0 Å². The number of alkyl carbamates (subject to hydrolysis) is 1. The van der Waals surface area contributed by atoms with Crippen molar-refractivity contribution in [3.63, 3.8) is 0 Å². The van der Waals surface area contributed by atoms with Crippen LogP contribution in [0.1, 0.15) is 60.2 Å². The zero-order valence-electron chi connectivity index (χ0n) is 18.1. The highest BCUT2D eigenvalue weighted by atomic mass is 16.8. The molecule has 1 aromatic carbocycles. The van der Waals surface area contributed by atoms with E-state index < -0.39 is 18.0 Å². The Hall–Kier alpha value is -2.39. The van der Waals surface area contributed by atoms with Gasteiger partial charge in [-0.1, -0.05) is 25.0 Å². The summed E-state index contributed by atoms with van der Waals surface area (Å²) in [5.74, 6) is -1.15. The SMILES string of the molecule is [B]CC(OC(=O)NCCCCCCN1C(=O)c2ccccc2C1=O)C1COC(C)(C)O1. The van der Waals surface area contributed by atoms with E-state index >= 15 is 0 Å². The number of nitrogens with one attached hydrogen (secondary N) is 1. The van der Waals surface area contributed by atoms with E-state index in [-0.39, 0.29) is 24.2 Å². The van der Waals surface area contributed by atoms with Crippen molar-refractivity contribution in [3.8, 4) is 0 Å². The number of nitrogens with zero attached hydrogens (tertiary/aromatic N) is 1. The summed E-state index contributed by atoms with van der Waals surface area (Å²) in [5, 5.41) is 2.72. The van der Waals surface area contributed by atoms with E-state index in [2.05, 4.69) is 5.32 Å². The molecule has 3 amide bonds. The van der Waals surface area contributed by atoms with Gasteiger partial charge in [-0.25, -0.2) is 4.79 Å². The average Bonchev–Trinajstić information content (AvgIpc) is 3.23. The lowest BCUT2D eigenvalue weighted by Crippen LogP contribution is -2.38. The molecule has 0 saturated carbocycles. The van der Waals surface area contributed by atoms with E-state index in [1.165, 1.54) is 4.90 Å². The van der Waals surface area contributed by atoms with Gasteiger partial charge in [0, 0.05) is 13.1 Å². The molecule has 2 aliphatic rings. The lowest BCUT2D eigenvalue weighted by atomic mass is 9.96. The number of carbonyl (C=O) groups excluding carboxylic acids is 3. The van der Waals surface area contributed by atoms with E-state index in [9.17, 15) is 14.4 Å². The highest BCUT2D eigenvalue weighted by Crippen LogP contribution is 2.26. The number of benzene rings is 1. The van der Waals surface area contributed by atoms with Crippen molar-refractivity contribution in [2.45, 2.75) is 63.8 Å². The van der Waals surface area contributed by atoms with Gasteiger partial charge in [0.15, 0.2) is 5.79 Å². The first-order valence-corrected chi connectivity index (χ1v) is 10.7. The molecule has 2 atom stereocenters. The van der Waals surface area contributed by atoms with Crippen molar-refractivity contribution in [1.82, 2.24) is 10.2 Å². The van der Waals surface area contributed by atoms with Crippen LogP contribution >= 0.6 is 0 Å². The molecular formula is C22H29BN2O6. The molecule has 2 heterocycles. The quantitative estimate of drug-likeness (QED) is 0.350. The van der Waals surface area contributed by atoms with Crippen molar-refractivity contribution in [1.29, 1.82) is 0 Å². The van der Waals surface area contributed by atoms with Crippen LogP contribution in [0, 0.1) is 0 Å². The van der Waals surface area contributed by atoms with Crippen molar-refractivity contribution in [2.75, 3.05) is 19.7 Å². The monoisotopic (exact) mass is 428 g/mol. The number of amides is 3. The Bertz CT molecular complexity index is 780. The van der Waals surface area contributed by atoms with Gasteiger partial charge < -0.3 is 19.5 Å². The minimum absolute atomic E-state index is 0.148. The molecule has 0 spiro atoms. The Labute approximate surface area is 184 Å². The number of unbranched alkanes of at least 4 members (excludes halogenated alkanes) is 3. The minimum Gasteiger partial charge on any atom is -0.444 e. The molecule has 3 rings (SSSR count). The average molecular weight is 428 g/mol. The largest absolute Gasteiger partial charge is 0.444 e. The van der Waals surface area contributed by atoms with E-state index in [4.69, 9.17) is 22.1 Å². The standard InChI is InChI=1S/C22H29BN2O6/c1-22(2)29-14-18(31-22)17(13-23)30-21(28)24-11-7-3-4-8-12-25-19(26)15-9-5-6-10-16(15)20(25)27/h5-6,9-10,17-18H,3-4,7-8,11-14H2,1-2H3,(H,24,28). The van der Waals surface area contributed by atoms with Crippen LogP contribution in [0.15, 0.2) is 24.3 Å². The van der Waals surface area contributed by atoms with Gasteiger partial charge in [0.1, 0.15) is 12.2 Å². The van der Waals surface area contributed by atoms with Gasteiger partial charge in [-0.05, 0) is 45.1 Å². The molecule has 0 aliphatic carbocycles. The van der Waals surface area contributed by atoms with Gasteiger partial charge in [0.25, 0.3) is 11.8 Å². The fraction of sp³-hybridized carbons (Fsp3) is 0.591. The number of carbonyl (C=O) groups is 3. The number of ether oxygens (including phenoxy) is 3. The molecular weight excluding hydrogens is 399 g/mol. The molecule has 1 N–H and O–H groups in total. The van der Waals surface area contributed by atoms with Crippen LogP contribution < -0.4 is 5.32 Å². The predicted octanol–water partition coefficient (Wildman–Crippen LogP) is 2.68. The van der Waals surface area contributed by atoms with Crippen molar-refractivity contribution < 1.29 is 28.6 Å². The summed E-state index contributed by atoms with van der Waals surface area (Å²) >= 11 is 0. The van der Waals surface area contributed by atoms with Crippen LogP contribution in [0.5, 0.6) is 0 Å². The van der Waals surface area contributed by atoms with E-state index in [0.717, 1.165) is 25.7 Å². The predicted molar refractivity (Wildman–Crippen MR) is 114 cm³/mol. The van der Waals surface area contributed by atoms with Crippen LogP contribution in [0.2, 0.25) is 6.32 Å². The van der Waals surface area contributed by atoms with Gasteiger partial charge >= 0.3 is 6.09 Å². The Morgan fingerprint density at radius 3 is 2.42 bits per heavy atom. The molecule has 1 fully saturated rings. The number of hydrogen-bond donors (Lipinski definition) is 1. The first kappa shape index (κ1) is 23.3.